The summed E-state index contributed by atoms with van der Waals surface area (Å²) in [6.07, 6.45) is 3.84. The van der Waals surface area contributed by atoms with Crippen LogP contribution >= 0.6 is 11.3 Å². The molecular weight excluding hydrogens is 308 g/mol. The van der Waals surface area contributed by atoms with Crippen LogP contribution in [-0.2, 0) is 13.0 Å². The summed E-state index contributed by atoms with van der Waals surface area (Å²) in [6.45, 7) is 1.64. The SMILES string of the molecule is CN=C(NCCCc1nnc2ccccn12)NCc1cccs1. The number of hydrogen-bond acceptors (Lipinski definition) is 4. The lowest BCUT2D eigenvalue weighted by Crippen LogP contribution is -2.37. The van der Waals surface area contributed by atoms with Gasteiger partial charge in [0.25, 0.3) is 0 Å². The molecule has 0 amide bonds. The highest BCUT2D eigenvalue weighted by Crippen LogP contribution is 2.07. The fourth-order valence-corrected chi connectivity index (χ4v) is 2.96. The maximum Gasteiger partial charge on any atom is 0.191 e. The summed E-state index contributed by atoms with van der Waals surface area (Å²) >= 11 is 1.74. The predicted octanol–water partition coefficient (Wildman–Crippen LogP) is 2.09. The third-order valence-corrected chi connectivity index (χ3v) is 4.36. The molecule has 0 aromatic carbocycles. The van der Waals surface area contributed by atoms with E-state index in [2.05, 4.69) is 43.3 Å². The van der Waals surface area contributed by atoms with Gasteiger partial charge in [0.05, 0.1) is 6.54 Å². The number of thiophene rings is 1. The maximum atomic E-state index is 4.24. The molecule has 3 aromatic rings. The molecule has 0 aliphatic heterocycles. The third kappa shape index (κ3) is 4.07. The largest absolute Gasteiger partial charge is 0.356 e. The van der Waals surface area contributed by atoms with E-state index in [1.807, 2.05) is 28.8 Å². The molecule has 6 nitrogen and oxygen atoms in total. The maximum absolute atomic E-state index is 4.24. The van der Waals surface area contributed by atoms with Gasteiger partial charge in [-0.05, 0) is 30.0 Å². The topological polar surface area (TPSA) is 66.6 Å². The average molecular weight is 328 g/mol. The molecule has 0 unspecified atom stereocenters. The van der Waals surface area contributed by atoms with Gasteiger partial charge in [-0.2, -0.15) is 0 Å². The Morgan fingerprint density at radius 1 is 1.22 bits per heavy atom. The zero-order valence-corrected chi connectivity index (χ0v) is 13.9. The Morgan fingerprint density at radius 2 is 2.17 bits per heavy atom. The highest BCUT2D eigenvalue weighted by atomic mass is 32.1. The summed E-state index contributed by atoms with van der Waals surface area (Å²) in [5, 5.41) is 17.1. The second kappa shape index (κ2) is 7.73. The Kier molecular flexibility index (Phi) is 5.21. The number of hydrogen-bond donors (Lipinski definition) is 2. The van der Waals surface area contributed by atoms with Crippen molar-refractivity contribution in [1.29, 1.82) is 0 Å². The number of nitrogens with one attached hydrogen (secondary N) is 2. The van der Waals surface area contributed by atoms with Gasteiger partial charge < -0.3 is 10.6 Å². The molecule has 0 saturated carbocycles. The highest BCUT2D eigenvalue weighted by molar-refractivity contribution is 7.09. The number of guanidine groups is 1. The van der Waals surface area contributed by atoms with E-state index in [-0.39, 0.29) is 0 Å². The molecule has 0 aliphatic carbocycles. The fraction of sp³-hybridized carbons (Fsp3) is 0.312. The van der Waals surface area contributed by atoms with Crippen LogP contribution in [0.15, 0.2) is 46.9 Å². The molecule has 0 bridgehead atoms. The van der Waals surface area contributed by atoms with Crippen LogP contribution < -0.4 is 10.6 Å². The van der Waals surface area contributed by atoms with Crippen molar-refractivity contribution in [2.24, 2.45) is 4.99 Å². The summed E-state index contributed by atoms with van der Waals surface area (Å²) < 4.78 is 2.03. The minimum absolute atomic E-state index is 0.798. The average Bonchev–Trinajstić information content (AvgIpc) is 3.24. The standard InChI is InChI=1S/C16H20N6S/c1-17-16(19-12-13-6-5-11-23-13)18-9-4-8-15-21-20-14-7-2-3-10-22(14)15/h2-3,5-7,10-11H,4,8-9,12H2,1H3,(H2,17,18,19). The monoisotopic (exact) mass is 328 g/mol. The molecule has 3 rings (SSSR count). The van der Waals surface area contributed by atoms with Crippen molar-refractivity contribution in [3.8, 4) is 0 Å². The van der Waals surface area contributed by atoms with Gasteiger partial charge in [-0.25, -0.2) is 0 Å². The molecular formula is C16H20N6S. The van der Waals surface area contributed by atoms with Crippen molar-refractivity contribution >= 4 is 22.9 Å². The van der Waals surface area contributed by atoms with E-state index in [4.69, 9.17) is 0 Å². The molecule has 0 saturated heterocycles. The Bertz CT molecular complexity index is 762. The first-order valence-corrected chi connectivity index (χ1v) is 8.50. The molecule has 3 aromatic heterocycles. The zero-order valence-electron chi connectivity index (χ0n) is 13.1. The van der Waals surface area contributed by atoms with E-state index in [0.29, 0.717) is 0 Å². The van der Waals surface area contributed by atoms with Gasteiger partial charge in [0, 0.05) is 31.1 Å². The van der Waals surface area contributed by atoms with Crippen LogP contribution in [0.5, 0.6) is 0 Å². The lowest BCUT2D eigenvalue weighted by Gasteiger charge is -2.10. The smallest absolute Gasteiger partial charge is 0.191 e. The predicted molar refractivity (Wildman–Crippen MR) is 93.8 cm³/mol. The summed E-state index contributed by atoms with van der Waals surface area (Å²) in [4.78, 5) is 5.53. The quantitative estimate of drug-likeness (QED) is 0.413. The van der Waals surface area contributed by atoms with Gasteiger partial charge in [-0.15, -0.1) is 21.5 Å². The highest BCUT2D eigenvalue weighted by Gasteiger charge is 2.04. The van der Waals surface area contributed by atoms with Crippen LogP contribution in [0.4, 0.5) is 0 Å². The van der Waals surface area contributed by atoms with E-state index in [1.54, 1.807) is 18.4 Å². The second-order valence-corrected chi connectivity index (χ2v) is 6.11. The first-order valence-electron chi connectivity index (χ1n) is 7.62. The van der Waals surface area contributed by atoms with Gasteiger partial charge in [-0.3, -0.25) is 9.39 Å². The molecule has 120 valence electrons. The van der Waals surface area contributed by atoms with Crippen LogP contribution in [-0.4, -0.2) is 34.2 Å². The van der Waals surface area contributed by atoms with Crippen LogP contribution in [0.1, 0.15) is 17.1 Å². The third-order valence-electron chi connectivity index (χ3n) is 3.49. The number of aromatic nitrogens is 3. The van der Waals surface area contributed by atoms with E-state index in [0.717, 1.165) is 43.4 Å². The number of aliphatic imine (C=N–C) groups is 1. The van der Waals surface area contributed by atoms with Crippen LogP contribution in [0.2, 0.25) is 0 Å². The van der Waals surface area contributed by atoms with Gasteiger partial charge in [-0.1, -0.05) is 12.1 Å². The molecule has 23 heavy (non-hydrogen) atoms. The summed E-state index contributed by atoms with van der Waals surface area (Å²) in [6, 6.07) is 10.1. The van der Waals surface area contributed by atoms with E-state index in [9.17, 15) is 0 Å². The lowest BCUT2D eigenvalue weighted by atomic mass is 10.3. The van der Waals surface area contributed by atoms with Crippen molar-refractivity contribution in [2.75, 3.05) is 13.6 Å². The van der Waals surface area contributed by atoms with Crippen molar-refractivity contribution in [1.82, 2.24) is 25.2 Å². The molecule has 0 spiro atoms. The van der Waals surface area contributed by atoms with Gasteiger partial charge in [0.15, 0.2) is 11.6 Å². The number of aryl methyl sites for hydroxylation is 1. The van der Waals surface area contributed by atoms with Crippen LogP contribution in [0, 0.1) is 0 Å². The van der Waals surface area contributed by atoms with E-state index in [1.165, 1.54) is 4.88 Å². The molecule has 0 fully saturated rings. The lowest BCUT2D eigenvalue weighted by molar-refractivity contribution is 0.715. The van der Waals surface area contributed by atoms with E-state index >= 15 is 0 Å². The Balaban J connectivity index is 1.43. The Hall–Kier alpha value is -2.41. The number of nitrogens with zero attached hydrogens (tertiary/aromatic N) is 4. The molecule has 0 aliphatic rings. The van der Waals surface area contributed by atoms with Gasteiger partial charge in [0.2, 0.25) is 0 Å². The van der Waals surface area contributed by atoms with Crippen LogP contribution in [0.3, 0.4) is 0 Å². The van der Waals surface area contributed by atoms with Gasteiger partial charge >= 0.3 is 0 Å². The molecule has 7 heteroatoms. The molecule has 0 radical (unpaired) electrons. The zero-order chi connectivity index (χ0) is 15.9. The Labute approximate surface area is 139 Å². The van der Waals surface area contributed by atoms with E-state index < -0.39 is 0 Å². The normalized spacial score (nSPS) is 11.8. The van der Waals surface area contributed by atoms with Gasteiger partial charge in [0.1, 0.15) is 5.82 Å². The molecule has 2 N–H and O–H groups in total. The summed E-state index contributed by atoms with van der Waals surface area (Å²) in [5.41, 5.74) is 0.892. The van der Waals surface area contributed by atoms with Crippen molar-refractivity contribution < 1.29 is 0 Å². The molecule has 0 atom stereocenters. The first-order chi connectivity index (χ1) is 11.4. The minimum atomic E-state index is 0.798. The molecule has 3 heterocycles. The van der Waals surface area contributed by atoms with Crippen molar-refractivity contribution in [2.45, 2.75) is 19.4 Å². The van der Waals surface area contributed by atoms with Crippen LogP contribution in [0.25, 0.3) is 5.65 Å². The van der Waals surface area contributed by atoms with Crippen molar-refractivity contribution in [3.63, 3.8) is 0 Å². The fourth-order valence-electron chi connectivity index (χ4n) is 2.32. The first kappa shape index (κ1) is 15.5. The number of rotatable bonds is 6. The number of fused-ring (bicyclic) bond motifs is 1. The minimum Gasteiger partial charge on any atom is -0.356 e. The second-order valence-electron chi connectivity index (χ2n) is 5.08. The Morgan fingerprint density at radius 3 is 3.00 bits per heavy atom. The summed E-state index contributed by atoms with van der Waals surface area (Å²) in [7, 11) is 1.79. The number of pyridine rings is 1. The summed E-state index contributed by atoms with van der Waals surface area (Å²) in [5.74, 6) is 1.81. The van der Waals surface area contributed by atoms with Crippen molar-refractivity contribution in [3.05, 3.63) is 52.6 Å².